The predicted octanol–water partition coefficient (Wildman–Crippen LogP) is -30.6. The molecule has 4 aliphatic heterocycles. The molecule has 4 heterocycles. The van der Waals surface area contributed by atoms with E-state index in [-0.39, 0.29) is 203 Å². The smallest absolute Gasteiger partial charge is 0.547 e. The number of amides is 2. The van der Waals surface area contributed by atoms with E-state index in [9.17, 15) is 119 Å². The fraction of sp³-hybridized carbons (Fsp3) is 0.793. The first-order valence-corrected chi connectivity index (χ1v) is 30.3. The number of aliphatic hydroxyl groups excluding tert-OH is 8. The molecule has 0 aromatic rings. The van der Waals surface area contributed by atoms with Gasteiger partial charge < -0.3 is 167 Å². The van der Waals surface area contributed by atoms with Gasteiger partial charge >= 0.3 is 177 Å². The van der Waals surface area contributed by atoms with Crippen LogP contribution in [0.25, 0.3) is 0 Å². The minimum Gasteiger partial charge on any atom is -0.547 e. The van der Waals surface area contributed by atoms with E-state index in [1.165, 1.54) is 83.1 Å². The number of aliphatic carboxylic acids is 6. The molecule has 0 spiro atoms. The van der Waals surface area contributed by atoms with Crippen LogP contribution in [0.2, 0.25) is 0 Å². The molecule has 4 saturated heterocycles. The van der Waals surface area contributed by atoms with Gasteiger partial charge in [0, 0.05) is 24.7 Å². The van der Waals surface area contributed by atoms with Gasteiger partial charge in [-0.05, 0) is 65.2 Å². The molecule has 4 aliphatic rings. The minimum atomic E-state index is -2.78. The van der Waals surface area contributed by atoms with Gasteiger partial charge in [0.1, 0.15) is 97.7 Å². The molecule has 0 aromatic heterocycles. The van der Waals surface area contributed by atoms with Gasteiger partial charge in [-0.25, -0.2) is 10.9 Å². The van der Waals surface area contributed by atoms with Crippen LogP contribution in [-0.2, 0) is 105 Å². The summed E-state index contributed by atoms with van der Waals surface area (Å²) in [7, 11) is 0. The SMILES string of the molecule is CC(C)(C)O[C@H]1OC(C(=O)[O-])[C@H](OC(/C=N/NC(=O)CCCCC(=O)N/N=C/C(OC(C(=O)[O-])C(C=O)O[C@@H]2OC(C(=O)[O-])[C@@H](C(C)(C)C)C(O)[C@@H]2O)O[C@@H]2C(C(=O)[O-])O[C@@H](OC(C)(C)C)[C@@H](O)C2O)OC(C(=O)[O-])C(C=O)O[C@H]2OC(C(=O)[O-])[C@H](C(C)(C)C)C(O)[C@H]2O)C(O)[C@H]1O.[Na+].[Na+].[Na+].[Na+].[Na+].[Na+]. The number of carboxylic acids is 6. The summed E-state index contributed by atoms with van der Waals surface area (Å²) in [5.41, 5.74) is -0.573. The monoisotopic (exact) mass is 1550 g/mol. The van der Waals surface area contributed by atoms with Crippen molar-refractivity contribution in [3.8, 4) is 0 Å². The fourth-order valence-electron chi connectivity index (χ4n) is 10.6. The molecule has 558 valence electrons. The number of hydrazone groups is 2. The summed E-state index contributed by atoms with van der Waals surface area (Å²) in [4.78, 5) is 126. The number of aldehydes is 2. The normalized spacial score (nSPS) is 31.2. The molecule has 0 radical (unpaired) electrons. The molecule has 26 atom stereocenters. The molecule has 0 bridgehead atoms. The number of carbonyl (C=O) groups is 10. The van der Waals surface area contributed by atoms with Gasteiger partial charge in [0.15, 0.2) is 50.3 Å². The van der Waals surface area contributed by atoms with E-state index in [1.807, 2.05) is 10.9 Å². The second-order valence-electron chi connectivity index (χ2n) is 27.1. The number of nitrogens with one attached hydrogen (secondary N) is 2. The molecule has 4 fully saturated rings. The minimum absolute atomic E-state index is 0. The Kier molecular flexibility index (Phi) is 49.1. The molecule has 0 aliphatic carbocycles. The van der Waals surface area contributed by atoms with Crippen LogP contribution in [0.1, 0.15) is 109 Å². The third kappa shape index (κ3) is 31.5. The summed E-state index contributed by atoms with van der Waals surface area (Å²) in [6.07, 6.45) is -55.9. The molecule has 104 heavy (non-hydrogen) atoms. The number of nitrogens with zero attached hydrogens (tertiary/aromatic N) is 2. The maximum Gasteiger partial charge on any atom is 1.00 e. The number of carboxylic acid groups (broad SMARTS) is 6. The molecule has 14 unspecified atom stereocenters. The van der Waals surface area contributed by atoms with Gasteiger partial charge in [0.25, 0.3) is 0 Å². The van der Waals surface area contributed by atoms with Gasteiger partial charge in [-0.2, -0.15) is 10.2 Å². The van der Waals surface area contributed by atoms with Crippen molar-refractivity contribution in [2.75, 3.05) is 0 Å². The number of hydrogen-bond donors (Lipinski definition) is 10. The van der Waals surface area contributed by atoms with Crippen molar-refractivity contribution in [3.63, 3.8) is 0 Å². The number of carbonyl (C=O) groups excluding carboxylic acids is 10. The Balaban J connectivity index is -0.0000170. The summed E-state index contributed by atoms with van der Waals surface area (Å²) < 4.78 is 64.9. The Morgan fingerprint density at radius 2 is 0.683 bits per heavy atom. The summed E-state index contributed by atoms with van der Waals surface area (Å²) in [5, 5.41) is 170. The molecular weight excluding hydrogens is 1470 g/mol. The summed E-state index contributed by atoms with van der Waals surface area (Å²) in [6, 6.07) is 0. The van der Waals surface area contributed by atoms with Crippen LogP contribution in [-0.4, -0.2) is 272 Å². The van der Waals surface area contributed by atoms with Crippen molar-refractivity contribution >= 4 is 72.6 Å². The zero-order valence-electron chi connectivity index (χ0n) is 61.1. The first kappa shape index (κ1) is 108. The van der Waals surface area contributed by atoms with E-state index in [4.69, 9.17) is 56.8 Å². The van der Waals surface area contributed by atoms with E-state index in [0.717, 1.165) is 0 Å². The van der Waals surface area contributed by atoms with Crippen molar-refractivity contribution in [1.82, 2.24) is 10.9 Å². The van der Waals surface area contributed by atoms with Crippen LogP contribution in [0.3, 0.4) is 0 Å². The van der Waals surface area contributed by atoms with Crippen LogP contribution < -0.4 is 219 Å². The molecule has 46 heteroatoms. The molecule has 0 aromatic carbocycles. The standard InChI is InChI=1S/C58H90N4O36.6Na/c1-55(2,3)27-29(67)33(71)51(93-39(27)47(79)80)87-21(19-63)37(45(75)76)89-25(91-41-31(69)35(73)53(97-57(7,8)9)95-43(41)49(83)84)17-59-61-23(65)15-13-14-16-24(66)62-60-18-26(92-42-32(70)36(74)54(98-58(10,11)12)96-44(42)50(85)86)90-38(46(77)78)22(20-64)88-52-34(72)30(68)28(56(4,5)6)40(94-52)48(81)82;;;;;;/h17-22,25-44,51-54,67-74H,13-16H2,1-12H3,(H,61,65)(H,62,66)(H,75,76)(H,77,78)(H,79,80)(H,81,82)(H,83,84)(H,85,86);;;;;;/q;6*+1/p-6/b59-17+,60-18+;;;;;;/t21?,22?,25?,26?,27-,28+,29?,30?,31?,32?,33-,34+,35-,36+,37?,38?,39?,40?,41-,42+,43?,44?,51+,52-,53-,54+;;;;;;. The van der Waals surface area contributed by atoms with Crippen LogP contribution in [0.4, 0.5) is 0 Å². The van der Waals surface area contributed by atoms with Gasteiger partial charge in [-0.3, -0.25) is 9.59 Å². The summed E-state index contributed by atoms with van der Waals surface area (Å²) in [5.74, 6) is -17.6. The van der Waals surface area contributed by atoms with Gasteiger partial charge in [0.2, 0.25) is 11.8 Å². The molecule has 40 nitrogen and oxygen atoms in total. The summed E-state index contributed by atoms with van der Waals surface area (Å²) in [6.45, 7) is 17.7. The van der Waals surface area contributed by atoms with E-state index in [2.05, 4.69) is 10.2 Å². The first-order chi connectivity index (χ1) is 45.1. The Hall–Kier alpha value is -0.360. The van der Waals surface area contributed by atoms with Gasteiger partial charge in [-0.15, -0.1) is 0 Å². The van der Waals surface area contributed by atoms with Crippen molar-refractivity contribution in [3.05, 3.63) is 0 Å². The topological polar surface area (TPSA) is 630 Å². The van der Waals surface area contributed by atoms with Crippen molar-refractivity contribution < 1.29 is 354 Å². The third-order valence-electron chi connectivity index (χ3n) is 15.0. The molecule has 2 amide bonds. The fourth-order valence-corrected chi connectivity index (χ4v) is 10.6. The average Bonchev–Trinajstić information content (AvgIpc) is 0.784. The summed E-state index contributed by atoms with van der Waals surface area (Å²) >= 11 is 0. The van der Waals surface area contributed by atoms with E-state index in [0.29, 0.717) is 12.4 Å². The maximum absolute atomic E-state index is 13.1. The van der Waals surface area contributed by atoms with Crippen LogP contribution in [0.5, 0.6) is 0 Å². The Morgan fingerprint density at radius 3 is 0.923 bits per heavy atom. The van der Waals surface area contributed by atoms with Gasteiger partial charge in [0.05, 0.1) is 71.7 Å². The van der Waals surface area contributed by atoms with E-state index >= 15 is 0 Å². The Morgan fingerprint density at radius 1 is 0.413 bits per heavy atom. The number of hydrogen-bond acceptors (Lipinski definition) is 38. The second kappa shape index (κ2) is 47.4. The van der Waals surface area contributed by atoms with Crippen molar-refractivity contribution in [1.29, 1.82) is 0 Å². The predicted molar refractivity (Wildman–Crippen MR) is 301 cm³/mol. The number of aliphatic hydroxyl groups is 8. The Labute approximate surface area is 729 Å². The van der Waals surface area contributed by atoms with Crippen LogP contribution in [0.15, 0.2) is 10.2 Å². The molecule has 4 rings (SSSR count). The van der Waals surface area contributed by atoms with E-state index in [1.54, 1.807) is 0 Å². The number of unbranched alkanes of at least 4 members (excludes halogenated alkanes) is 1. The zero-order valence-corrected chi connectivity index (χ0v) is 73.1. The van der Waals surface area contributed by atoms with Crippen LogP contribution >= 0.6 is 0 Å². The van der Waals surface area contributed by atoms with Crippen molar-refractivity contribution in [2.24, 2.45) is 32.9 Å². The van der Waals surface area contributed by atoms with Crippen LogP contribution in [0, 0.1) is 22.7 Å². The molecular formula is C58H84N4Na6O36. The number of ether oxygens (including phenoxy) is 12. The maximum atomic E-state index is 13.1. The van der Waals surface area contributed by atoms with E-state index < -0.39 is 242 Å². The molecule has 0 saturated carbocycles. The second-order valence-corrected chi connectivity index (χ2v) is 27.1. The first-order valence-electron chi connectivity index (χ1n) is 30.3. The number of rotatable bonds is 33. The average molecular weight is 1550 g/mol. The quantitative estimate of drug-likeness (QED) is 0.00728. The molecule has 10 N–H and O–H groups in total. The Bertz CT molecular complexity index is 2650. The van der Waals surface area contributed by atoms with Crippen molar-refractivity contribution in [2.45, 2.75) is 268 Å². The third-order valence-corrected chi connectivity index (χ3v) is 15.0. The van der Waals surface area contributed by atoms with Gasteiger partial charge in [-0.1, -0.05) is 41.5 Å². The zero-order chi connectivity index (χ0) is 74.6. The largest absolute Gasteiger partial charge is 1.00 e.